The number of benzene rings is 1. The largest absolute Gasteiger partial charge is 0.268 e. The van der Waals surface area contributed by atoms with Crippen LogP contribution < -0.4 is 0 Å². The Kier molecular flexibility index (Phi) is 1.53. The van der Waals surface area contributed by atoms with Gasteiger partial charge in [0.1, 0.15) is 5.82 Å². The number of nitrogens with zero attached hydrogens (tertiary/aromatic N) is 2. The highest BCUT2D eigenvalue weighted by Gasteiger charge is 2.07. The number of halogens is 2. The molecule has 62 valence electrons. The fourth-order valence-electron chi connectivity index (χ4n) is 1.09. The van der Waals surface area contributed by atoms with Crippen LogP contribution in [0, 0.1) is 9.39 Å². The molecule has 0 fully saturated rings. The number of aromatic nitrogens is 2. The molecule has 1 heterocycles. The van der Waals surface area contributed by atoms with E-state index in [1.54, 1.807) is 12.1 Å². The Morgan fingerprint density at radius 3 is 3.25 bits per heavy atom. The maximum Gasteiger partial charge on any atom is 0.147 e. The first-order chi connectivity index (χ1) is 6.24. The highest BCUT2D eigenvalue weighted by Crippen LogP contribution is 2.21. The molecule has 2 nitrogen and oxygen atoms in total. The van der Waals surface area contributed by atoms with Gasteiger partial charge in [-0.1, -0.05) is 0 Å². The van der Waals surface area contributed by atoms with Gasteiger partial charge in [0.25, 0.3) is 0 Å². The van der Waals surface area contributed by atoms with Gasteiger partial charge in [0.05, 0.1) is 17.1 Å². The van der Waals surface area contributed by atoms with Crippen LogP contribution in [0.2, 0.25) is 0 Å². The zero-order valence-corrected chi connectivity index (χ0v) is 8.25. The normalized spacial score (nSPS) is 12.0. The van der Waals surface area contributed by atoms with Crippen molar-refractivity contribution in [2.24, 2.45) is 7.02 Å². The minimum atomic E-state index is -0.252. The van der Waals surface area contributed by atoms with Gasteiger partial charge in [-0.15, -0.1) is 0 Å². The van der Waals surface area contributed by atoms with E-state index in [2.05, 4.69) is 5.10 Å². The Hall–Kier alpha value is -0.650. The Labute approximate surface area is 83.9 Å². The third-order valence-corrected chi connectivity index (χ3v) is 2.55. The molecule has 12 heavy (non-hydrogen) atoms. The molecule has 4 heteroatoms. The van der Waals surface area contributed by atoms with E-state index < -0.39 is 0 Å². The molecular weight excluding hydrogens is 270 g/mol. The Balaban J connectivity index is 2.81. The van der Waals surface area contributed by atoms with E-state index in [4.69, 9.17) is 1.37 Å². The predicted molar refractivity (Wildman–Crippen MR) is 53.4 cm³/mol. The number of aryl methyl sites for hydroxylation is 1. The van der Waals surface area contributed by atoms with Crippen molar-refractivity contribution in [3.63, 3.8) is 0 Å². The molecule has 0 N–H and O–H groups in total. The number of hydrogen-bond donors (Lipinski definition) is 0. The first-order valence-corrected chi connectivity index (χ1v) is 4.40. The molecule has 0 unspecified atom stereocenters. The van der Waals surface area contributed by atoms with Crippen LogP contribution >= 0.6 is 22.6 Å². The van der Waals surface area contributed by atoms with Crippen molar-refractivity contribution in [2.75, 3.05) is 0 Å². The number of rotatable bonds is 0. The minimum absolute atomic E-state index is 0.0174. The van der Waals surface area contributed by atoms with Crippen LogP contribution in [0.5, 0.6) is 0 Å². The molecule has 0 radical (unpaired) electrons. The summed E-state index contributed by atoms with van der Waals surface area (Å²) in [7, 11) is 0.0174. The highest BCUT2D eigenvalue weighted by atomic mass is 127. The van der Waals surface area contributed by atoms with Crippen LogP contribution in [0.15, 0.2) is 18.3 Å². The van der Waals surface area contributed by atoms with Crippen molar-refractivity contribution >= 4 is 33.5 Å². The molecule has 2 rings (SSSR count). The third-order valence-electron chi connectivity index (χ3n) is 1.71. The topological polar surface area (TPSA) is 17.8 Å². The molecule has 0 bridgehead atoms. The molecule has 0 atom stereocenters. The molecule has 2 aromatic rings. The van der Waals surface area contributed by atoms with Crippen molar-refractivity contribution in [3.8, 4) is 0 Å². The van der Waals surface area contributed by atoms with Gasteiger partial charge in [0, 0.05) is 12.0 Å². The minimum Gasteiger partial charge on any atom is -0.268 e. The summed E-state index contributed by atoms with van der Waals surface area (Å²) in [5.74, 6) is -0.252. The van der Waals surface area contributed by atoms with E-state index in [1.807, 2.05) is 22.6 Å². The standard InChI is InChI=1S/C8H6FIN2/c1-12-7-3-2-6(10)8(9)5(7)4-11-12/h2-4H,1H3/i1D. The second-order valence-electron chi connectivity index (χ2n) is 2.44. The van der Waals surface area contributed by atoms with Crippen molar-refractivity contribution in [1.29, 1.82) is 0 Å². The maximum absolute atomic E-state index is 13.4. The van der Waals surface area contributed by atoms with Crippen molar-refractivity contribution in [3.05, 3.63) is 27.7 Å². The van der Waals surface area contributed by atoms with E-state index in [-0.39, 0.29) is 12.8 Å². The van der Waals surface area contributed by atoms with E-state index in [1.165, 1.54) is 10.9 Å². The van der Waals surface area contributed by atoms with E-state index in [0.717, 1.165) is 0 Å². The summed E-state index contributed by atoms with van der Waals surface area (Å²) >= 11 is 1.93. The summed E-state index contributed by atoms with van der Waals surface area (Å²) in [6, 6.07) is 3.47. The van der Waals surface area contributed by atoms with Crippen LogP contribution in [0.1, 0.15) is 1.37 Å². The zero-order valence-electron chi connectivity index (χ0n) is 7.09. The molecule has 1 aromatic heterocycles. The lowest BCUT2D eigenvalue weighted by Gasteiger charge is -1.96. The molecule has 0 aliphatic carbocycles. The SMILES string of the molecule is [2H]Cn1ncc2c(F)c(I)ccc21. The second kappa shape index (κ2) is 2.69. The van der Waals surface area contributed by atoms with Gasteiger partial charge >= 0.3 is 0 Å². The first-order valence-electron chi connectivity index (χ1n) is 4.03. The zero-order chi connectivity index (χ0) is 9.42. The summed E-state index contributed by atoms with van der Waals surface area (Å²) in [5, 5.41) is 4.39. The quantitative estimate of drug-likeness (QED) is 0.676. The molecule has 0 saturated heterocycles. The second-order valence-corrected chi connectivity index (χ2v) is 3.60. The van der Waals surface area contributed by atoms with Gasteiger partial charge in [-0.2, -0.15) is 5.10 Å². The van der Waals surface area contributed by atoms with Gasteiger partial charge in [0.15, 0.2) is 0 Å². The van der Waals surface area contributed by atoms with Gasteiger partial charge in [0.2, 0.25) is 0 Å². The van der Waals surface area contributed by atoms with Crippen molar-refractivity contribution in [2.45, 2.75) is 0 Å². The fourth-order valence-corrected chi connectivity index (χ4v) is 1.56. The smallest absolute Gasteiger partial charge is 0.147 e. The Bertz CT molecular complexity index is 455. The van der Waals surface area contributed by atoms with Crippen LogP contribution in [-0.4, -0.2) is 9.78 Å². The summed E-state index contributed by atoms with van der Waals surface area (Å²) in [6.07, 6.45) is 1.46. The average molecular weight is 277 g/mol. The summed E-state index contributed by atoms with van der Waals surface area (Å²) in [5.41, 5.74) is 0.674. The molecule has 0 amide bonds. The lowest BCUT2D eigenvalue weighted by molar-refractivity contribution is 0.632. The van der Waals surface area contributed by atoms with E-state index in [0.29, 0.717) is 14.5 Å². The van der Waals surface area contributed by atoms with Gasteiger partial charge in [-0.05, 0) is 34.7 Å². The maximum atomic E-state index is 13.4. The van der Waals surface area contributed by atoms with Crippen molar-refractivity contribution in [1.82, 2.24) is 9.78 Å². The molecule has 0 aliphatic heterocycles. The Morgan fingerprint density at radius 2 is 2.50 bits per heavy atom. The number of fused-ring (bicyclic) bond motifs is 1. The Morgan fingerprint density at radius 1 is 1.67 bits per heavy atom. The first kappa shape index (κ1) is 6.82. The monoisotopic (exact) mass is 277 g/mol. The van der Waals surface area contributed by atoms with E-state index >= 15 is 0 Å². The van der Waals surface area contributed by atoms with Crippen LogP contribution in [0.3, 0.4) is 0 Å². The summed E-state index contributed by atoms with van der Waals surface area (Å²) in [6.45, 7) is 0. The van der Waals surface area contributed by atoms with Crippen LogP contribution in [0.4, 0.5) is 4.39 Å². The number of hydrogen-bond acceptors (Lipinski definition) is 1. The lowest BCUT2D eigenvalue weighted by atomic mass is 10.2. The molecule has 0 saturated carbocycles. The van der Waals surface area contributed by atoms with Gasteiger partial charge in [-0.3, -0.25) is 4.68 Å². The molecule has 1 aromatic carbocycles. The van der Waals surface area contributed by atoms with Crippen LogP contribution in [0.25, 0.3) is 10.9 Å². The molecule has 0 spiro atoms. The lowest BCUT2D eigenvalue weighted by Crippen LogP contribution is -1.89. The summed E-state index contributed by atoms with van der Waals surface area (Å²) < 4.78 is 22.6. The van der Waals surface area contributed by atoms with Gasteiger partial charge < -0.3 is 0 Å². The van der Waals surface area contributed by atoms with Crippen LogP contribution in [-0.2, 0) is 7.02 Å². The third kappa shape index (κ3) is 1.01. The predicted octanol–water partition coefficient (Wildman–Crippen LogP) is 2.32. The summed E-state index contributed by atoms with van der Waals surface area (Å²) in [4.78, 5) is 0. The highest BCUT2D eigenvalue weighted by molar-refractivity contribution is 14.1. The van der Waals surface area contributed by atoms with E-state index in [9.17, 15) is 4.39 Å². The molecular formula is C8H6FIN2. The van der Waals surface area contributed by atoms with Crippen molar-refractivity contribution < 1.29 is 5.76 Å². The molecule has 0 aliphatic rings. The fraction of sp³-hybridized carbons (Fsp3) is 0.125. The average Bonchev–Trinajstić information content (AvgIpc) is 2.55. The van der Waals surface area contributed by atoms with Gasteiger partial charge in [-0.25, -0.2) is 4.39 Å².